The Balaban J connectivity index is 1.73. The molecule has 1 atom stereocenters. The fourth-order valence-corrected chi connectivity index (χ4v) is 3.67. The van der Waals surface area contributed by atoms with E-state index in [9.17, 15) is 4.79 Å². The summed E-state index contributed by atoms with van der Waals surface area (Å²) in [4.78, 5) is 15.0. The van der Waals surface area contributed by atoms with Gasteiger partial charge in [0.2, 0.25) is 0 Å². The molecule has 0 radical (unpaired) electrons. The number of anilines is 1. The van der Waals surface area contributed by atoms with Crippen LogP contribution in [0.2, 0.25) is 0 Å². The van der Waals surface area contributed by atoms with Crippen molar-refractivity contribution < 1.29 is 13.9 Å². The van der Waals surface area contributed by atoms with E-state index in [0.717, 1.165) is 36.3 Å². The first-order valence-electron chi connectivity index (χ1n) is 9.37. The maximum Gasteiger partial charge on any atom is 0.344 e. The fourth-order valence-electron chi connectivity index (χ4n) is 3.67. The van der Waals surface area contributed by atoms with Crippen LogP contribution in [-0.4, -0.2) is 39.9 Å². The predicted octanol–water partition coefficient (Wildman–Crippen LogP) is 3.28. The van der Waals surface area contributed by atoms with Crippen LogP contribution < -0.4 is 25.3 Å². The summed E-state index contributed by atoms with van der Waals surface area (Å²) in [7, 11) is 3.17. The van der Waals surface area contributed by atoms with E-state index in [1.807, 2.05) is 24.3 Å². The van der Waals surface area contributed by atoms with E-state index in [2.05, 4.69) is 23.2 Å². The Bertz CT molecular complexity index is 1060. The van der Waals surface area contributed by atoms with Gasteiger partial charge in [-0.15, -0.1) is 0 Å². The Hall–Kier alpha value is -2.99. The third-order valence-electron chi connectivity index (χ3n) is 5.15. The Morgan fingerprint density at radius 2 is 1.89 bits per heavy atom. The number of fused-ring (bicyclic) bond motifs is 1. The SMILES string of the molecule is COc1ccc(-c2cc3ccc(N4CCNC(C)C4)cc3c(=O)o2)cc1OC. The zero-order chi connectivity index (χ0) is 19.7. The summed E-state index contributed by atoms with van der Waals surface area (Å²) >= 11 is 0. The molecule has 1 aliphatic rings. The van der Waals surface area contributed by atoms with Gasteiger partial charge in [0.1, 0.15) is 5.76 Å². The van der Waals surface area contributed by atoms with Crippen LogP contribution in [0.25, 0.3) is 22.1 Å². The van der Waals surface area contributed by atoms with E-state index < -0.39 is 0 Å². The highest BCUT2D eigenvalue weighted by Crippen LogP contribution is 2.33. The minimum absolute atomic E-state index is 0.340. The summed E-state index contributed by atoms with van der Waals surface area (Å²) in [6.45, 7) is 4.94. The Kier molecular flexibility index (Phi) is 4.96. The van der Waals surface area contributed by atoms with Crippen LogP contribution in [0.4, 0.5) is 5.69 Å². The zero-order valence-electron chi connectivity index (χ0n) is 16.3. The van der Waals surface area contributed by atoms with E-state index in [-0.39, 0.29) is 5.63 Å². The van der Waals surface area contributed by atoms with E-state index >= 15 is 0 Å². The number of methoxy groups -OCH3 is 2. The van der Waals surface area contributed by atoms with Gasteiger partial charge < -0.3 is 24.1 Å². The third-order valence-corrected chi connectivity index (χ3v) is 5.15. The van der Waals surface area contributed by atoms with E-state index in [1.165, 1.54) is 0 Å². The van der Waals surface area contributed by atoms with E-state index in [0.29, 0.717) is 28.7 Å². The molecule has 1 unspecified atom stereocenters. The van der Waals surface area contributed by atoms with Crippen molar-refractivity contribution in [2.24, 2.45) is 0 Å². The molecule has 0 saturated carbocycles. The van der Waals surface area contributed by atoms with Gasteiger partial charge in [-0.1, -0.05) is 6.07 Å². The van der Waals surface area contributed by atoms with Crippen molar-refractivity contribution in [3.8, 4) is 22.8 Å². The molecular weight excluding hydrogens is 356 g/mol. The molecule has 1 aromatic heterocycles. The number of ether oxygens (including phenoxy) is 2. The number of rotatable bonds is 4. The first-order valence-corrected chi connectivity index (χ1v) is 9.37. The van der Waals surface area contributed by atoms with Crippen molar-refractivity contribution in [3.05, 3.63) is 52.9 Å². The molecule has 0 aliphatic carbocycles. The average molecular weight is 380 g/mol. The number of nitrogens with one attached hydrogen (secondary N) is 1. The molecule has 28 heavy (non-hydrogen) atoms. The maximum absolute atomic E-state index is 12.7. The molecule has 1 aliphatic heterocycles. The Morgan fingerprint density at radius 3 is 2.64 bits per heavy atom. The van der Waals surface area contributed by atoms with Crippen molar-refractivity contribution in [3.63, 3.8) is 0 Å². The molecule has 1 N–H and O–H groups in total. The van der Waals surface area contributed by atoms with Gasteiger partial charge in [-0.25, -0.2) is 4.79 Å². The van der Waals surface area contributed by atoms with Gasteiger partial charge >= 0.3 is 5.63 Å². The summed E-state index contributed by atoms with van der Waals surface area (Å²) in [6.07, 6.45) is 0. The molecule has 0 spiro atoms. The number of hydrogen-bond donors (Lipinski definition) is 1. The highest BCUT2D eigenvalue weighted by molar-refractivity contribution is 5.87. The molecule has 1 saturated heterocycles. The highest BCUT2D eigenvalue weighted by Gasteiger charge is 2.17. The minimum atomic E-state index is -0.340. The van der Waals surface area contributed by atoms with Gasteiger partial charge in [0.15, 0.2) is 11.5 Å². The zero-order valence-corrected chi connectivity index (χ0v) is 16.3. The molecule has 4 rings (SSSR count). The third kappa shape index (κ3) is 3.43. The van der Waals surface area contributed by atoms with Crippen LogP contribution in [-0.2, 0) is 0 Å². The van der Waals surface area contributed by atoms with E-state index in [1.54, 1.807) is 26.4 Å². The number of hydrogen-bond acceptors (Lipinski definition) is 6. The number of benzene rings is 2. The summed E-state index contributed by atoms with van der Waals surface area (Å²) in [5.74, 6) is 1.72. The predicted molar refractivity (Wildman–Crippen MR) is 111 cm³/mol. The molecule has 2 heterocycles. The number of piperazine rings is 1. The number of nitrogens with zero attached hydrogens (tertiary/aromatic N) is 1. The van der Waals surface area contributed by atoms with Crippen LogP contribution >= 0.6 is 0 Å². The summed E-state index contributed by atoms with van der Waals surface area (Å²) in [5.41, 5.74) is 1.47. The van der Waals surface area contributed by atoms with Gasteiger partial charge in [0.05, 0.1) is 19.6 Å². The van der Waals surface area contributed by atoms with Crippen molar-refractivity contribution in [1.29, 1.82) is 0 Å². The average Bonchev–Trinajstić information content (AvgIpc) is 2.73. The van der Waals surface area contributed by atoms with E-state index in [4.69, 9.17) is 13.9 Å². The molecule has 6 nitrogen and oxygen atoms in total. The van der Waals surface area contributed by atoms with Gasteiger partial charge in [0, 0.05) is 36.9 Å². The quantitative estimate of drug-likeness (QED) is 0.749. The molecule has 6 heteroatoms. The smallest absolute Gasteiger partial charge is 0.344 e. The lowest BCUT2D eigenvalue weighted by molar-refractivity contribution is 0.355. The van der Waals surface area contributed by atoms with Crippen LogP contribution in [0.3, 0.4) is 0 Å². The second kappa shape index (κ2) is 7.56. The molecule has 2 aromatic carbocycles. The molecular formula is C22H24N2O4. The molecule has 1 fully saturated rings. The second-order valence-corrected chi connectivity index (χ2v) is 7.04. The fraction of sp³-hybridized carbons (Fsp3) is 0.318. The molecule has 0 bridgehead atoms. The van der Waals surface area contributed by atoms with Crippen molar-refractivity contribution in [2.75, 3.05) is 38.8 Å². The summed E-state index contributed by atoms with van der Waals surface area (Å²) in [5, 5.41) is 4.88. The van der Waals surface area contributed by atoms with Crippen LogP contribution in [0.5, 0.6) is 11.5 Å². The van der Waals surface area contributed by atoms with Crippen molar-refractivity contribution >= 4 is 16.5 Å². The van der Waals surface area contributed by atoms with Gasteiger partial charge in [-0.3, -0.25) is 0 Å². The normalized spacial score (nSPS) is 17.0. The van der Waals surface area contributed by atoms with Gasteiger partial charge in [0.25, 0.3) is 0 Å². The topological polar surface area (TPSA) is 63.9 Å². The van der Waals surface area contributed by atoms with Crippen LogP contribution in [0, 0.1) is 0 Å². The molecule has 3 aromatic rings. The lowest BCUT2D eigenvalue weighted by Crippen LogP contribution is -2.49. The lowest BCUT2D eigenvalue weighted by atomic mass is 10.1. The molecule has 0 amide bonds. The highest BCUT2D eigenvalue weighted by atomic mass is 16.5. The standard InChI is InChI=1S/C22H24N2O4/c1-14-13-24(9-8-23-14)17-6-4-15-10-20(28-22(25)18(15)12-17)16-5-7-19(26-2)21(11-16)27-3/h4-7,10-12,14,23H,8-9,13H2,1-3H3. The first kappa shape index (κ1) is 18.4. The molecule has 146 valence electrons. The summed E-state index contributed by atoms with van der Waals surface area (Å²) in [6, 6.07) is 13.7. The van der Waals surface area contributed by atoms with Crippen LogP contribution in [0.1, 0.15) is 6.92 Å². The Morgan fingerprint density at radius 1 is 1.07 bits per heavy atom. The van der Waals surface area contributed by atoms with Crippen LogP contribution in [0.15, 0.2) is 51.7 Å². The first-order chi connectivity index (χ1) is 13.6. The second-order valence-electron chi connectivity index (χ2n) is 7.04. The largest absolute Gasteiger partial charge is 0.493 e. The maximum atomic E-state index is 12.7. The lowest BCUT2D eigenvalue weighted by Gasteiger charge is -2.33. The van der Waals surface area contributed by atoms with Crippen molar-refractivity contribution in [1.82, 2.24) is 5.32 Å². The minimum Gasteiger partial charge on any atom is -0.493 e. The van der Waals surface area contributed by atoms with Gasteiger partial charge in [-0.05, 0) is 48.7 Å². The monoisotopic (exact) mass is 380 g/mol. The van der Waals surface area contributed by atoms with Gasteiger partial charge in [-0.2, -0.15) is 0 Å². The summed E-state index contributed by atoms with van der Waals surface area (Å²) < 4.78 is 16.3. The Labute approximate surface area is 163 Å². The van der Waals surface area contributed by atoms with Crippen molar-refractivity contribution in [2.45, 2.75) is 13.0 Å².